The second kappa shape index (κ2) is 6.21. The van der Waals surface area contributed by atoms with E-state index in [-0.39, 0.29) is 18.1 Å². The van der Waals surface area contributed by atoms with Gasteiger partial charge >= 0.3 is 5.97 Å². The molecule has 1 aromatic carbocycles. The number of carbonyl (C=O) groups is 2. The summed E-state index contributed by atoms with van der Waals surface area (Å²) in [7, 11) is 0. The monoisotopic (exact) mass is 274 g/mol. The number of aliphatic carboxylic acids is 1. The maximum Gasteiger partial charge on any atom is 0.310 e. The first kappa shape index (κ1) is 14.8. The van der Waals surface area contributed by atoms with Crippen LogP contribution in [0, 0.1) is 11.3 Å². The Morgan fingerprint density at radius 2 is 2.00 bits per heavy atom. The molecule has 0 bridgehead atoms. The number of carbonyl (C=O) groups excluding carboxylic acids is 1. The zero-order valence-electron chi connectivity index (χ0n) is 12.0. The van der Waals surface area contributed by atoms with Gasteiger partial charge in [0.25, 0.3) is 0 Å². The Morgan fingerprint density at radius 1 is 1.30 bits per heavy atom. The number of benzene rings is 1. The van der Waals surface area contributed by atoms with E-state index < -0.39 is 11.4 Å². The molecule has 1 aliphatic carbocycles. The van der Waals surface area contributed by atoms with E-state index in [0.717, 1.165) is 25.7 Å². The van der Waals surface area contributed by atoms with Crippen molar-refractivity contribution in [2.75, 3.05) is 0 Å². The van der Waals surface area contributed by atoms with Gasteiger partial charge in [0.15, 0.2) is 5.78 Å². The molecule has 0 amide bonds. The van der Waals surface area contributed by atoms with Gasteiger partial charge in [-0.15, -0.1) is 0 Å². The Morgan fingerprint density at radius 3 is 2.60 bits per heavy atom. The maximum atomic E-state index is 12.4. The second-order valence-electron chi connectivity index (χ2n) is 5.81. The van der Waals surface area contributed by atoms with Gasteiger partial charge in [-0.2, -0.15) is 0 Å². The highest BCUT2D eigenvalue weighted by atomic mass is 16.4. The molecule has 3 heteroatoms. The summed E-state index contributed by atoms with van der Waals surface area (Å²) in [5, 5.41) is 9.70. The first-order valence-electron chi connectivity index (χ1n) is 7.42. The van der Waals surface area contributed by atoms with Gasteiger partial charge in [0, 0.05) is 12.0 Å². The van der Waals surface area contributed by atoms with Crippen LogP contribution in [0.25, 0.3) is 0 Å². The molecule has 0 aliphatic heterocycles. The van der Waals surface area contributed by atoms with Gasteiger partial charge in [0.05, 0.1) is 5.41 Å². The van der Waals surface area contributed by atoms with Crippen molar-refractivity contribution in [3.63, 3.8) is 0 Å². The minimum Gasteiger partial charge on any atom is -0.481 e. The summed E-state index contributed by atoms with van der Waals surface area (Å²) in [4.78, 5) is 24.2. The summed E-state index contributed by atoms with van der Waals surface area (Å²) in [6, 6.07) is 9.03. The van der Waals surface area contributed by atoms with E-state index in [1.807, 2.05) is 18.2 Å². The van der Waals surface area contributed by atoms with Crippen molar-refractivity contribution in [3.05, 3.63) is 35.9 Å². The molecule has 2 rings (SSSR count). The topological polar surface area (TPSA) is 54.4 Å². The van der Waals surface area contributed by atoms with Crippen LogP contribution >= 0.6 is 0 Å². The number of ketones is 1. The van der Waals surface area contributed by atoms with Crippen LogP contribution in [-0.4, -0.2) is 16.9 Å². The molecule has 0 radical (unpaired) electrons. The number of Topliss-reactive ketones (excluding diaryl/α,β-unsaturated/α-hetero) is 1. The first-order chi connectivity index (χ1) is 9.60. The molecule has 1 saturated carbocycles. The number of hydrogen-bond acceptors (Lipinski definition) is 2. The van der Waals surface area contributed by atoms with Crippen LogP contribution in [0.2, 0.25) is 0 Å². The lowest BCUT2D eigenvalue weighted by Gasteiger charge is -2.30. The van der Waals surface area contributed by atoms with E-state index in [2.05, 4.69) is 6.92 Å². The van der Waals surface area contributed by atoms with Crippen molar-refractivity contribution >= 4 is 11.8 Å². The molecule has 0 spiro atoms. The third-order valence-corrected chi connectivity index (χ3v) is 4.59. The Balaban J connectivity index is 2.22. The average Bonchev–Trinajstić information content (AvgIpc) is 2.84. The molecule has 1 aromatic rings. The number of rotatable bonds is 6. The molecule has 1 fully saturated rings. The van der Waals surface area contributed by atoms with Crippen molar-refractivity contribution in [1.82, 2.24) is 0 Å². The Hall–Kier alpha value is -1.64. The van der Waals surface area contributed by atoms with Gasteiger partial charge in [-0.3, -0.25) is 9.59 Å². The minimum atomic E-state index is -0.844. The molecule has 0 saturated heterocycles. The molecular formula is C17H22O3. The van der Waals surface area contributed by atoms with E-state index in [0.29, 0.717) is 12.0 Å². The molecule has 1 N–H and O–H groups in total. The molecule has 3 nitrogen and oxygen atoms in total. The van der Waals surface area contributed by atoms with Crippen LogP contribution in [0.4, 0.5) is 0 Å². The predicted molar refractivity (Wildman–Crippen MR) is 77.7 cm³/mol. The van der Waals surface area contributed by atoms with Crippen molar-refractivity contribution in [1.29, 1.82) is 0 Å². The third-order valence-electron chi connectivity index (χ3n) is 4.59. The zero-order chi connectivity index (χ0) is 14.6. The highest BCUT2D eigenvalue weighted by Gasteiger charge is 2.49. The van der Waals surface area contributed by atoms with E-state index >= 15 is 0 Å². The SMILES string of the molecule is CCC[C@H]1CCC[C@]1(CC(=O)c1ccccc1)C(=O)O. The lowest BCUT2D eigenvalue weighted by molar-refractivity contribution is -0.151. The molecule has 20 heavy (non-hydrogen) atoms. The molecule has 0 heterocycles. The highest BCUT2D eigenvalue weighted by molar-refractivity contribution is 5.99. The van der Waals surface area contributed by atoms with Crippen LogP contribution in [0.1, 0.15) is 55.8 Å². The smallest absolute Gasteiger partial charge is 0.310 e. The van der Waals surface area contributed by atoms with Crippen molar-refractivity contribution in [2.24, 2.45) is 11.3 Å². The first-order valence-corrected chi connectivity index (χ1v) is 7.42. The van der Waals surface area contributed by atoms with Crippen molar-refractivity contribution < 1.29 is 14.7 Å². The standard InChI is InChI=1S/C17H22O3/c1-2-7-14-10-6-11-17(14,16(19)20)12-15(18)13-8-4-3-5-9-13/h3-5,8-9,14H,2,6-7,10-12H2,1H3,(H,19,20)/t14-,17+/m0/s1. The molecule has 0 unspecified atom stereocenters. The van der Waals surface area contributed by atoms with Crippen LogP contribution in [-0.2, 0) is 4.79 Å². The fraction of sp³-hybridized carbons (Fsp3) is 0.529. The van der Waals surface area contributed by atoms with Gasteiger partial charge in [0.1, 0.15) is 0 Å². The van der Waals surface area contributed by atoms with Crippen molar-refractivity contribution in [3.8, 4) is 0 Å². The normalized spacial score (nSPS) is 25.6. The lowest BCUT2D eigenvalue weighted by Crippen LogP contribution is -2.37. The molecular weight excluding hydrogens is 252 g/mol. The lowest BCUT2D eigenvalue weighted by atomic mass is 9.71. The second-order valence-corrected chi connectivity index (χ2v) is 5.81. The summed E-state index contributed by atoms with van der Waals surface area (Å²) in [5.74, 6) is -0.702. The summed E-state index contributed by atoms with van der Waals surface area (Å²) in [5.41, 5.74) is -0.224. The number of carboxylic acid groups (broad SMARTS) is 1. The largest absolute Gasteiger partial charge is 0.481 e. The third kappa shape index (κ3) is 2.77. The van der Waals surface area contributed by atoms with Gasteiger partial charge in [-0.1, -0.05) is 50.1 Å². The van der Waals surface area contributed by atoms with Gasteiger partial charge in [-0.05, 0) is 25.2 Å². The molecule has 0 aromatic heterocycles. The van der Waals surface area contributed by atoms with Crippen LogP contribution in [0.5, 0.6) is 0 Å². The quantitative estimate of drug-likeness (QED) is 0.800. The molecule has 108 valence electrons. The average molecular weight is 274 g/mol. The predicted octanol–water partition coefficient (Wildman–Crippen LogP) is 3.93. The number of hydrogen-bond donors (Lipinski definition) is 1. The summed E-state index contributed by atoms with van der Waals surface area (Å²) in [6.45, 7) is 2.07. The van der Waals surface area contributed by atoms with Gasteiger partial charge in [0.2, 0.25) is 0 Å². The fourth-order valence-electron chi connectivity index (χ4n) is 3.52. The summed E-state index contributed by atoms with van der Waals surface area (Å²) in [6.07, 6.45) is 4.48. The Kier molecular flexibility index (Phi) is 4.58. The van der Waals surface area contributed by atoms with Crippen LogP contribution in [0.15, 0.2) is 30.3 Å². The Labute approximate surface area is 120 Å². The van der Waals surface area contributed by atoms with Gasteiger partial charge < -0.3 is 5.11 Å². The van der Waals surface area contributed by atoms with E-state index in [1.165, 1.54) is 0 Å². The zero-order valence-corrected chi connectivity index (χ0v) is 12.0. The van der Waals surface area contributed by atoms with E-state index in [9.17, 15) is 14.7 Å². The fourth-order valence-corrected chi connectivity index (χ4v) is 3.52. The maximum absolute atomic E-state index is 12.4. The van der Waals surface area contributed by atoms with Crippen LogP contribution in [0.3, 0.4) is 0 Å². The molecule has 2 atom stereocenters. The molecule has 1 aliphatic rings. The van der Waals surface area contributed by atoms with Crippen LogP contribution < -0.4 is 0 Å². The summed E-state index contributed by atoms with van der Waals surface area (Å²) >= 11 is 0. The highest BCUT2D eigenvalue weighted by Crippen LogP contribution is 2.49. The van der Waals surface area contributed by atoms with Crippen molar-refractivity contribution in [2.45, 2.75) is 45.4 Å². The summed E-state index contributed by atoms with van der Waals surface area (Å²) < 4.78 is 0. The van der Waals surface area contributed by atoms with E-state index in [4.69, 9.17) is 0 Å². The number of carboxylic acids is 1. The Bertz CT molecular complexity index is 480. The minimum absolute atomic E-state index is 0.0454. The van der Waals surface area contributed by atoms with E-state index in [1.54, 1.807) is 12.1 Å². The van der Waals surface area contributed by atoms with Gasteiger partial charge in [-0.25, -0.2) is 0 Å².